The zero-order valence-electron chi connectivity index (χ0n) is 11.3. The monoisotopic (exact) mass is 291 g/mol. The summed E-state index contributed by atoms with van der Waals surface area (Å²) in [6.07, 6.45) is 3.90. The lowest BCUT2D eigenvalue weighted by Gasteiger charge is -2.45. The van der Waals surface area contributed by atoms with Crippen LogP contribution in [-0.2, 0) is 4.74 Å². The molecule has 112 valence electrons. The van der Waals surface area contributed by atoms with Gasteiger partial charge in [-0.25, -0.2) is 0 Å². The van der Waals surface area contributed by atoms with Crippen molar-refractivity contribution >= 4 is 11.8 Å². The van der Waals surface area contributed by atoms with Crippen molar-refractivity contribution in [3.63, 3.8) is 0 Å². The van der Waals surface area contributed by atoms with Crippen LogP contribution in [0, 0.1) is 0 Å². The zero-order chi connectivity index (χ0) is 13.8. The molecule has 2 heterocycles. The van der Waals surface area contributed by atoms with Crippen LogP contribution >= 0.6 is 11.8 Å². The second-order valence-electron chi connectivity index (χ2n) is 5.73. The van der Waals surface area contributed by atoms with Crippen molar-refractivity contribution in [1.82, 2.24) is 5.32 Å². The van der Waals surface area contributed by atoms with Crippen molar-refractivity contribution in [1.29, 1.82) is 0 Å². The van der Waals surface area contributed by atoms with Crippen LogP contribution in [0.5, 0.6) is 0 Å². The quantitative estimate of drug-likeness (QED) is 0.559. The summed E-state index contributed by atoms with van der Waals surface area (Å²) < 4.78 is 6.01. The van der Waals surface area contributed by atoms with Crippen molar-refractivity contribution in [2.75, 3.05) is 37.9 Å². The third-order valence-electron chi connectivity index (χ3n) is 4.32. The van der Waals surface area contributed by atoms with E-state index in [4.69, 9.17) is 4.74 Å². The maximum atomic E-state index is 9.39. The maximum Gasteiger partial charge on any atom is 0.0883 e. The van der Waals surface area contributed by atoms with Gasteiger partial charge < -0.3 is 25.4 Å². The molecule has 5 nitrogen and oxygen atoms in total. The maximum absolute atomic E-state index is 9.39. The van der Waals surface area contributed by atoms with Crippen LogP contribution in [-0.4, -0.2) is 70.4 Å². The number of hydrogen-bond donors (Lipinski definition) is 4. The van der Waals surface area contributed by atoms with Crippen LogP contribution < -0.4 is 5.32 Å². The molecule has 0 radical (unpaired) electrons. The number of thioether (sulfide) groups is 1. The molecule has 2 saturated heterocycles. The molecule has 2 aliphatic rings. The summed E-state index contributed by atoms with van der Waals surface area (Å²) >= 11 is 1.97. The van der Waals surface area contributed by atoms with Gasteiger partial charge in [-0.05, 0) is 37.2 Å². The second kappa shape index (κ2) is 6.74. The zero-order valence-corrected chi connectivity index (χ0v) is 12.1. The number of aliphatic hydroxyl groups is 3. The summed E-state index contributed by atoms with van der Waals surface area (Å²) in [5, 5.41) is 31.4. The van der Waals surface area contributed by atoms with Crippen LogP contribution in [0.2, 0.25) is 0 Å². The number of nitrogens with one attached hydrogen (secondary N) is 1. The van der Waals surface area contributed by atoms with Crippen LogP contribution in [0.1, 0.15) is 25.7 Å². The largest absolute Gasteiger partial charge is 0.394 e. The summed E-state index contributed by atoms with van der Waals surface area (Å²) in [4.78, 5) is 0. The molecule has 0 aromatic rings. The van der Waals surface area contributed by atoms with E-state index in [2.05, 4.69) is 5.32 Å². The molecule has 0 bridgehead atoms. The van der Waals surface area contributed by atoms with E-state index in [0.29, 0.717) is 6.61 Å². The van der Waals surface area contributed by atoms with Gasteiger partial charge in [-0.15, -0.1) is 0 Å². The molecule has 1 atom stereocenters. The first kappa shape index (κ1) is 15.5. The molecule has 0 aromatic carbocycles. The van der Waals surface area contributed by atoms with Crippen molar-refractivity contribution in [2.45, 2.75) is 42.9 Å². The Labute approximate surface area is 118 Å². The number of rotatable bonds is 5. The van der Waals surface area contributed by atoms with Gasteiger partial charge >= 0.3 is 0 Å². The number of aliphatic hydroxyl groups excluding tert-OH is 3. The predicted molar refractivity (Wildman–Crippen MR) is 75.4 cm³/mol. The highest BCUT2D eigenvalue weighted by Crippen LogP contribution is 2.37. The van der Waals surface area contributed by atoms with Gasteiger partial charge in [-0.1, -0.05) is 0 Å². The Bertz CT molecular complexity index is 266. The summed E-state index contributed by atoms with van der Waals surface area (Å²) in [5.41, 5.74) is -1.01. The van der Waals surface area contributed by atoms with Gasteiger partial charge in [0.1, 0.15) is 0 Å². The van der Waals surface area contributed by atoms with E-state index in [1.807, 2.05) is 11.8 Å². The van der Waals surface area contributed by atoms with Gasteiger partial charge in [0.15, 0.2) is 0 Å². The molecule has 0 amide bonds. The van der Waals surface area contributed by atoms with E-state index >= 15 is 0 Å². The van der Waals surface area contributed by atoms with Crippen LogP contribution in [0.15, 0.2) is 0 Å². The third kappa shape index (κ3) is 3.62. The number of ether oxygens (including phenoxy) is 1. The Morgan fingerprint density at radius 2 is 1.79 bits per heavy atom. The van der Waals surface area contributed by atoms with Crippen LogP contribution in [0.25, 0.3) is 0 Å². The Kier molecular flexibility index (Phi) is 5.51. The molecule has 0 aromatic heterocycles. The summed E-state index contributed by atoms with van der Waals surface area (Å²) in [5.74, 6) is 2.27. The smallest absolute Gasteiger partial charge is 0.0883 e. The highest BCUT2D eigenvalue weighted by atomic mass is 32.2. The molecule has 19 heavy (non-hydrogen) atoms. The summed E-state index contributed by atoms with van der Waals surface area (Å²) in [6, 6.07) is 0.184. The minimum absolute atomic E-state index is 0.0345. The molecule has 2 fully saturated rings. The van der Waals surface area contributed by atoms with Gasteiger partial charge in [0, 0.05) is 12.6 Å². The lowest BCUT2D eigenvalue weighted by Crippen LogP contribution is -2.61. The predicted octanol–water partition coefficient (Wildman–Crippen LogP) is -0.263. The lowest BCUT2D eigenvalue weighted by molar-refractivity contribution is -0.101. The standard InChI is InChI=1S/C13H25NO4S/c15-8-12(9-16,10-17)14-11-1-4-18-13(7-11)2-5-19-6-3-13/h11,14-17H,1-10H2. The van der Waals surface area contributed by atoms with Crippen LogP contribution in [0.4, 0.5) is 0 Å². The number of hydrogen-bond acceptors (Lipinski definition) is 6. The van der Waals surface area contributed by atoms with Gasteiger partial charge in [0.05, 0.1) is 31.0 Å². The van der Waals surface area contributed by atoms with Crippen LogP contribution in [0.3, 0.4) is 0 Å². The molecular weight excluding hydrogens is 266 g/mol. The van der Waals surface area contributed by atoms with Crippen molar-refractivity contribution < 1.29 is 20.1 Å². The van der Waals surface area contributed by atoms with E-state index in [-0.39, 0.29) is 31.5 Å². The first-order chi connectivity index (χ1) is 9.17. The molecular formula is C13H25NO4S. The molecule has 6 heteroatoms. The Balaban J connectivity index is 1.97. The average molecular weight is 291 g/mol. The van der Waals surface area contributed by atoms with Gasteiger partial charge in [-0.3, -0.25) is 0 Å². The minimum atomic E-state index is -0.980. The van der Waals surface area contributed by atoms with E-state index in [1.54, 1.807) is 0 Å². The molecule has 0 saturated carbocycles. The Hall–Kier alpha value is 0.150. The first-order valence-corrected chi connectivity index (χ1v) is 8.15. The minimum Gasteiger partial charge on any atom is -0.394 e. The van der Waals surface area contributed by atoms with E-state index in [1.165, 1.54) is 0 Å². The van der Waals surface area contributed by atoms with Gasteiger partial charge in [0.2, 0.25) is 0 Å². The molecule has 0 aliphatic carbocycles. The third-order valence-corrected chi connectivity index (χ3v) is 5.30. The SMILES string of the molecule is OCC(CO)(CO)NC1CCOC2(CCSCC2)C1. The molecule has 1 unspecified atom stereocenters. The molecule has 2 aliphatic heterocycles. The fourth-order valence-corrected chi connectivity index (χ4v) is 4.20. The fraction of sp³-hybridized carbons (Fsp3) is 1.00. The first-order valence-electron chi connectivity index (χ1n) is 7.00. The lowest BCUT2D eigenvalue weighted by atomic mass is 9.84. The highest BCUT2D eigenvalue weighted by Gasteiger charge is 2.41. The highest BCUT2D eigenvalue weighted by molar-refractivity contribution is 7.99. The Morgan fingerprint density at radius 1 is 1.16 bits per heavy atom. The Morgan fingerprint density at radius 3 is 2.37 bits per heavy atom. The molecule has 1 spiro atoms. The molecule has 2 rings (SSSR count). The second-order valence-corrected chi connectivity index (χ2v) is 6.96. The van der Waals surface area contributed by atoms with E-state index in [9.17, 15) is 15.3 Å². The topological polar surface area (TPSA) is 82.0 Å². The summed E-state index contributed by atoms with van der Waals surface area (Å²) in [6.45, 7) is -0.0820. The van der Waals surface area contributed by atoms with E-state index in [0.717, 1.165) is 37.2 Å². The fourth-order valence-electron chi connectivity index (χ4n) is 2.96. The summed E-state index contributed by atoms with van der Waals surface area (Å²) in [7, 11) is 0. The van der Waals surface area contributed by atoms with Crippen molar-refractivity contribution in [3.05, 3.63) is 0 Å². The van der Waals surface area contributed by atoms with E-state index < -0.39 is 5.54 Å². The van der Waals surface area contributed by atoms with Gasteiger partial charge in [0.25, 0.3) is 0 Å². The molecule has 4 N–H and O–H groups in total. The van der Waals surface area contributed by atoms with Gasteiger partial charge in [-0.2, -0.15) is 11.8 Å². The average Bonchev–Trinajstić information content (AvgIpc) is 2.46. The van der Waals surface area contributed by atoms with Crippen molar-refractivity contribution in [3.8, 4) is 0 Å². The van der Waals surface area contributed by atoms with Crippen molar-refractivity contribution in [2.24, 2.45) is 0 Å². The normalized spacial score (nSPS) is 27.6.